The topological polar surface area (TPSA) is 78.2 Å². The summed E-state index contributed by atoms with van der Waals surface area (Å²) in [6.45, 7) is 8.24. The summed E-state index contributed by atoms with van der Waals surface area (Å²) in [7, 11) is 0. The Morgan fingerprint density at radius 2 is 2.00 bits per heavy atom. The molecule has 32 heavy (non-hydrogen) atoms. The number of fused-ring (bicyclic) bond motifs is 3. The first-order valence-corrected chi connectivity index (χ1v) is 11.2. The third-order valence-corrected chi connectivity index (χ3v) is 6.27. The molecular formula is C24H21N5O2S. The van der Waals surface area contributed by atoms with Crippen LogP contribution in [0.2, 0.25) is 0 Å². The molecule has 0 aliphatic heterocycles. The number of thioether (sulfide) groups is 1. The molecule has 0 amide bonds. The van der Waals surface area contributed by atoms with Crippen LogP contribution in [0.25, 0.3) is 28.1 Å². The molecule has 0 saturated heterocycles. The zero-order valence-electron chi connectivity index (χ0n) is 17.8. The Labute approximate surface area is 188 Å². The van der Waals surface area contributed by atoms with E-state index in [1.165, 1.54) is 17.3 Å². The van der Waals surface area contributed by atoms with E-state index in [4.69, 9.17) is 4.42 Å². The largest absolute Gasteiger partial charge is 0.444 e. The SMILES string of the molecule is C=CCn1c(=O)c2ccccc2n2c(SCc3coc(-c4ccc(C)cc4C)n3)nnc12. The molecule has 0 saturated carbocycles. The minimum Gasteiger partial charge on any atom is -0.444 e. The smallest absolute Gasteiger partial charge is 0.263 e. The molecule has 0 N–H and O–H groups in total. The maximum absolute atomic E-state index is 12.9. The quantitative estimate of drug-likeness (QED) is 0.277. The van der Waals surface area contributed by atoms with Crippen LogP contribution in [0.4, 0.5) is 0 Å². The highest BCUT2D eigenvalue weighted by atomic mass is 32.2. The number of aryl methyl sites for hydroxylation is 2. The lowest BCUT2D eigenvalue weighted by atomic mass is 10.1. The Hall–Kier alpha value is -3.65. The van der Waals surface area contributed by atoms with Gasteiger partial charge in [0.25, 0.3) is 5.56 Å². The van der Waals surface area contributed by atoms with Gasteiger partial charge in [-0.3, -0.25) is 13.8 Å². The van der Waals surface area contributed by atoms with Crippen molar-refractivity contribution >= 4 is 28.4 Å². The van der Waals surface area contributed by atoms with E-state index in [2.05, 4.69) is 47.7 Å². The summed E-state index contributed by atoms with van der Waals surface area (Å²) in [5, 5.41) is 9.95. The summed E-state index contributed by atoms with van der Waals surface area (Å²) in [6.07, 6.45) is 3.36. The number of nitrogens with zero attached hydrogens (tertiary/aromatic N) is 5. The third kappa shape index (κ3) is 3.42. The van der Waals surface area contributed by atoms with E-state index in [0.29, 0.717) is 34.5 Å². The van der Waals surface area contributed by atoms with Crippen molar-refractivity contribution in [3.05, 3.63) is 88.6 Å². The Morgan fingerprint density at radius 3 is 2.81 bits per heavy atom. The fourth-order valence-corrected chi connectivity index (χ4v) is 4.63. The fraction of sp³-hybridized carbons (Fsp3) is 0.167. The second kappa shape index (κ2) is 8.12. The minimum atomic E-state index is -0.105. The summed E-state index contributed by atoms with van der Waals surface area (Å²) >= 11 is 1.50. The second-order valence-electron chi connectivity index (χ2n) is 7.59. The molecule has 8 heteroatoms. The summed E-state index contributed by atoms with van der Waals surface area (Å²) in [4.78, 5) is 17.6. The van der Waals surface area contributed by atoms with Crippen LogP contribution in [0.5, 0.6) is 0 Å². The van der Waals surface area contributed by atoms with Crippen molar-refractivity contribution in [1.29, 1.82) is 0 Å². The van der Waals surface area contributed by atoms with Crippen LogP contribution in [-0.2, 0) is 12.3 Å². The molecule has 0 fully saturated rings. The number of aromatic nitrogens is 5. The van der Waals surface area contributed by atoms with E-state index in [1.807, 2.05) is 34.7 Å². The van der Waals surface area contributed by atoms with E-state index in [9.17, 15) is 4.79 Å². The van der Waals surface area contributed by atoms with Crippen LogP contribution in [0.15, 0.2) is 75.8 Å². The van der Waals surface area contributed by atoms with Crippen molar-refractivity contribution in [2.75, 3.05) is 0 Å². The van der Waals surface area contributed by atoms with Crippen LogP contribution in [0.3, 0.4) is 0 Å². The van der Waals surface area contributed by atoms with E-state index >= 15 is 0 Å². The first kappa shape index (κ1) is 20.3. The highest BCUT2D eigenvalue weighted by Gasteiger charge is 2.17. The molecule has 160 valence electrons. The first-order chi connectivity index (χ1) is 15.6. The van der Waals surface area contributed by atoms with Crippen LogP contribution in [-0.4, -0.2) is 24.1 Å². The molecule has 7 nitrogen and oxygen atoms in total. The molecule has 5 aromatic rings. The molecule has 2 aromatic carbocycles. The van der Waals surface area contributed by atoms with Crippen molar-refractivity contribution in [3.63, 3.8) is 0 Å². The summed E-state index contributed by atoms with van der Waals surface area (Å²) in [5.74, 6) is 1.66. The van der Waals surface area contributed by atoms with Gasteiger partial charge in [0.15, 0.2) is 5.16 Å². The Bertz CT molecular complexity index is 1530. The van der Waals surface area contributed by atoms with Gasteiger partial charge in [-0.2, -0.15) is 0 Å². The average molecular weight is 444 g/mol. The van der Waals surface area contributed by atoms with E-state index in [0.717, 1.165) is 22.3 Å². The predicted octanol–water partition coefficient (Wildman–Crippen LogP) is 4.79. The van der Waals surface area contributed by atoms with E-state index in [-0.39, 0.29) is 5.56 Å². The molecular weight excluding hydrogens is 422 g/mol. The fourth-order valence-electron chi connectivity index (χ4n) is 3.81. The summed E-state index contributed by atoms with van der Waals surface area (Å²) in [5.41, 5.74) is 4.79. The van der Waals surface area contributed by atoms with Gasteiger partial charge in [-0.15, -0.1) is 16.8 Å². The van der Waals surface area contributed by atoms with Crippen LogP contribution in [0.1, 0.15) is 16.8 Å². The third-order valence-electron chi connectivity index (χ3n) is 5.30. The molecule has 0 aliphatic rings. The molecule has 0 unspecified atom stereocenters. The Kier molecular flexibility index (Phi) is 5.14. The van der Waals surface area contributed by atoms with Crippen molar-refractivity contribution in [3.8, 4) is 11.5 Å². The average Bonchev–Trinajstić information content (AvgIpc) is 3.42. The van der Waals surface area contributed by atoms with Gasteiger partial charge in [0.05, 0.1) is 16.6 Å². The van der Waals surface area contributed by atoms with Crippen molar-refractivity contribution in [2.45, 2.75) is 31.3 Å². The molecule has 0 spiro atoms. The standard InChI is InChI=1S/C24H21N5O2S/c1-4-11-28-22(30)19-7-5-6-8-20(19)29-23(28)26-27-24(29)32-14-17-13-31-21(25-17)18-10-9-15(2)12-16(18)3/h4-10,12-13H,1,11,14H2,2-3H3. The maximum Gasteiger partial charge on any atom is 0.263 e. The lowest BCUT2D eigenvalue weighted by Gasteiger charge is -2.09. The van der Waals surface area contributed by atoms with Gasteiger partial charge in [0.1, 0.15) is 6.26 Å². The second-order valence-corrected chi connectivity index (χ2v) is 8.53. The number of allylic oxidation sites excluding steroid dienone is 1. The summed E-state index contributed by atoms with van der Waals surface area (Å²) < 4.78 is 9.24. The number of para-hydroxylation sites is 1. The van der Waals surface area contributed by atoms with Crippen molar-refractivity contribution < 1.29 is 4.42 Å². The number of benzene rings is 2. The van der Waals surface area contributed by atoms with E-state index in [1.54, 1.807) is 16.9 Å². The molecule has 0 radical (unpaired) electrons. The molecule has 0 atom stereocenters. The number of rotatable bonds is 6. The molecule has 3 heterocycles. The zero-order chi connectivity index (χ0) is 22.2. The van der Waals surface area contributed by atoms with Crippen molar-refractivity contribution in [1.82, 2.24) is 24.1 Å². The van der Waals surface area contributed by atoms with Gasteiger partial charge >= 0.3 is 0 Å². The first-order valence-electron chi connectivity index (χ1n) is 10.2. The highest BCUT2D eigenvalue weighted by molar-refractivity contribution is 7.98. The van der Waals surface area contributed by atoms with Crippen LogP contribution in [0, 0.1) is 13.8 Å². The zero-order valence-corrected chi connectivity index (χ0v) is 18.6. The van der Waals surface area contributed by atoms with Crippen molar-refractivity contribution in [2.24, 2.45) is 0 Å². The maximum atomic E-state index is 12.9. The minimum absolute atomic E-state index is 0.105. The molecule has 3 aromatic heterocycles. The number of hydrogen-bond acceptors (Lipinski definition) is 6. The molecule has 0 bridgehead atoms. The Balaban J connectivity index is 1.50. The Morgan fingerprint density at radius 1 is 1.16 bits per heavy atom. The monoisotopic (exact) mass is 443 g/mol. The number of hydrogen-bond donors (Lipinski definition) is 0. The van der Waals surface area contributed by atoms with Gasteiger partial charge in [0, 0.05) is 17.9 Å². The lowest BCUT2D eigenvalue weighted by molar-refractivity contribution is 0.573. The predicted molar refractivity (Wildman–Crippen MR) is 126 cm³/mol. The van der Waals surface area contributed by atoms with Gasteiger partial charge in [-0.25, -0.2) is 4.98 Å². The van der Waals surface area contributed by atoms with Gasteiger partial charge in [-0.05, 0) is 37.6 Å². The van der Waals surface area contributed by atoms with Gasteiger partial charge in [-0.1, -0.05) is 47.7 Å². The van der Waals surface area contributed by atoms with Crippen LogP contribution < -0.4 is 5.56 Å². The van der Waals surface area contributed by atoms with Gasteiger partial charge < -0.3 is 4.42 Å². The highest BCUT2D eigenvalue weighted by Crippen LogP contribution is 2.27. The van der Waals surface area contributed by atoms with Gasteiger partial charge in [0.2, 0.25) is 11.7 Å². The molecule has 5 rings (SSSR count). The number of oxazole rings is 1. The van der Waals surface area contributed by atoms with E-state index < -0.39 is 0 Å². The summed E-state index contributed by atoms with van der Waals surface area (Å²) in [6, 6.07) is 13.7. The molecule has 0 aliphatic carbocycles. The normalized spacial score (nSPS) is 11.4. The van der Waals surface area contributed by atoms with Crippen LogP contribution >= 0.6 is 11.8 Å². The lowest BCUT2D eigenvalue weighted by Crippen LogP contribution is -2.22.